The number of halogens is 2. The molecule has 1 fully saturated rings. The molecule has 4 rings (SSSR count). The number of nitrogens with one attached hydrogen (secondary N) is 1. The molecule has 1 saturated heterocycles. The zero-order valence-electron chi connectivity index (χ0n) is 15.0. The predicted molar refractivity (Wildman–Crippen MR) is 108 cm³/mol. The van der Waals surface area contributed by atoms with Crippen LogP contribution < -0.4 is 5.43 Å². The molecule has 0 unspecified atom stereocenters. The Kier molecular flexibility index (Phi) is 5.57. The summed E-state index contributed by atoms with van der Waals surface area (Å²) in [7, 11) is 0. The van der Waals surface area contributed by atoms with Gasteiger partial charge in [-0.3, -0.25) is 15.2 Å². The van der Waals surface area contributed by atoms with Crippen LogP contribution in [-0.4, -0.2) is 43.8 Å². The van der Waals surface area contributed by atoms with E-state index < -0.39 is 0 Å². The Labute approximate surface area is 172 Å². The average Bonchev–Trinajstić information content (AvgIpc) is 3.15. The van der Waals surface area contributed by atoms with Crippen LogP contribution in [0.3, 0.4) is 0 Å². The lowest BCUT2D eigenvalue weighted by Crippen LogP contribution is -2.45. The number of hydrogen-bond acceptors (Lipinski definition) is 5. The summed E-state index contributed by atoms with van der Waals surface area (Å²) >= 11 is 12.4. The zero-order chi connectivity index (χ0) is 19.5. The van der Waals surface area contributed by atoms with E-state index in [0.29, 0.717) is 27.3 Å². The third kappa shape index (κ3) is 4.01. The first-order valence-corrected chi connectivity index (χ1v) is 9.77. The summed E-state index contributed by atoms with van der Waals surface area (Å²) in [4.78, 5) is 21.5. The van der Waals surface area contributed by atoms with Crippen LogP contribution in [0.4, 0.5) is 0 Å². The molecule has 2 aromatic heterocycles. The van der Waals surface area contributed by atoms with Crippen LogP contribution >= 0.6 is 23.2 Å². The quantitative estimate of drug-likeness (QED) is 0.700. The van der Waals surface area contributed by atoms with E-state index >= 15 is 0 Å². The van der Waals surface area contributed by atoms with Crippen LogP contribution in [0.2, 0.25) is 10.0 Å². The zero-order valence-corrected chi connectivity index (χ0v) is 16.5. The highest BCUT2D eigenvalue weighted by atomic mass is 35.5. The summed E-state index contributed by atoms with van der Waals surface area (Å²) in [6.07, 6.45) is 4.95. The van der Waals surface area contributed by atoms with E-state index in [-0.39, 0.29) is 11.7 Å². The molecule has 0 aliphatic carbocycles. The molecule has 0 radical (unpaired) electrons. The van der Waals surface area contributed by atoms with E-state index in [2.05, 4.69) is 20.5 Å². The SMILES string of the molecule is O=C(NN1CCCCC1)c1nc(-c2ccccn2)n(-c2ccc(Cl)cc2Cl)n1. The number of aromatic nitrogens is 4. The largest absolute Gasteiger partial charge is 0.305 e. The van der Waals surface area contributed by atoms with Gasteiger partial charge in [0.2, 0.25) is 5.82 Å². The van der Waals surface area contributed by atoms with Crippen LogP contribution in [0.5, 0.6) is 0 Å². The lowest BCUT2D eigenvalue weighted by molar-refractivity contribution is 0.0739. The highest BCUT2D eigenvalue weighted by Gasteiger charge is 2.22. The molecule has 0 saturated carbocycles. The van der Waals surface area contributed by atoms with E-state index in [1.165, 1.54) is 11.1 Å². The minimum absolute atomic E-state index is 0.0530. The van der Waals surface area contributed by atoms with Crippen molar-refractivity contribution in [1.29, 1.82) is 0 Å². The summed E-state index contributed by atoms with van der Waals surface area (Å²) in [6.45, 7) is 1.64. The molecule has 0 bridgehead atoms. The van der Waals surface area contributed by atoms with Crippen molar-refractivity contribution < 1.29 is 4.79 Å². The Morgan fingerprint density at radius 3 is 2.61 bits per heavy atom. The number of amides is 1. The van der Waals surface area contributed by atoms with Crippen LogP contribution in [0, 0.1) is 0 Å². The lowest BCUT2D eigenvalue weighted by Gasteiger charge is -2.26. The van der Waals surface area contributed by atoms with Gasteiger partial charge in [-0.05, 0) is 43.2 Å². The molecule has 0 atom stereocenters. The van der Waals surface area contributed by atoms with Crippen molar-refractivity contribution in [1.82, 2.24) is 30.2 Å². The predicted octanol–water partition coefficient (Wildman–Crippen LogP) is 3.77. The molecule has 1 aromatic carbocycles. The normalized spacial score (nSPS) is 14.8. The van der Waals surface area contributed by atoms with Crippen LogP contribution in [0.25, 0.3) is 17.2 Å². The minimum atomic E-state index is -0.358. The number of benzene rings is 1. The number of carbonyl (C=O) groups excluding carboxylic acids is 1. The first-order chi connectivity index (χ1) is 13.6. The van der Waals surface area contributed by atoms with E-state index in [0.717, 1.165) is 25.9 Å². The van der Waals surface area contributed by atoms with Crippen molar-refractivity contribution in [2.75, 3.05) is 13.1 Å². The molecule has 144 valence electrons. The fraction of sp³-hybridized carbons (Fsp3) is 0.263. The van der Waals surface area contributed by atoms with Crippen molar-refractivity contribution in [3.05, 3.63) is 58.5 Å². The van der Waals surface area contributed by atoms with Crippen LogP contribution in [-0.2, 0) is 0 Å². The molecule has 7 nitrogen and oxygen atoms in total. The number of nitrogens with zero attached hydrogens (tertiary/aromatic N) is 5. The number of rotatable bonds is 4. The lowest BCUT2D eigenvalue weighted by atomic mass is 10.2. The topological polar surface area (TPSA) is 75.9 Å². The Bertz CT molecular complexity index is 985. The second kappa shape index (κ2) is 8.26. The third-order valence-corrected chi connectivity index (χ3v) is 5.00. The second-order valence-electron chi connectivity index (χ2n) is 6.47. The van der Waals surface area contributed by atoms with Gasteiger partial charge in [0.15, 0.2) is 5.82 Å². The molecule has 1 aliphatic rings. The van der Waals surface area contributed by atoms with Gasteiger partial charge in [-0.25, -0.2) is 14.7 Å². The summed E-state index contributed by atoms with van der Waals surface area (Å²) in [5.41, 5.74) is 4.03. The highest BCUT2D eigenvalue weighted by molar-refractivity contribution is 6.35. The summed E-state index contributed by atoms with van der Waals surface area (Å²) in [6, 6.07) is 10.5. The molecule has 1 N–H and O–H groups in total. The molecule has 9 heteroatoms. The van der Waals surface area contributed by atoms with Crippen molar-refractivity contribution in [3.63, 3.8) is 0 Å². The first-order valence-electron chi connectivity index (χ1n) is 9.01. The first kappa shape index (κ1) is 18.9. The van der Waals surface area contributed by atoms with E-state index in [1.807, 2.05) is 17.1 Å². The minimum Gasteiger partial charge on any atom is -0.282 e. The maximum atomic E-state index is 12.7. The molecule has 1 amide bonds. The third-order valence-electron chi connectivity index (χ3n) is 4.46. The summed E-state index contributed by atoms with van der Waals surface area (Å²) in [5.74, 6) is 0.119. The van der Waals surface area contributed by atoms with E-state index in [1.54, 1.807) is 30.5 Å². The van der Waals surface area contributed by atoms with Gasteiger partial charge < -0.3 is 0 Å². The molecular weight excluding hydrogens is 399 g/mol. The van der Waals surface area contributed by atoms with Gasteiger partial charge in [0.25, 0.3) is 0 Å². The van der Waals surface area contributed by atoms with Gasteiger partial charge >= 0.3 is 5.91 Å². The van der Waals surface area contributed by atoms with Gasteiger partial charge in [-0.1, -0.05) is 35.7 Å². The van der Waals surface area contributed by atoms with Crippen molar-refractivity contribution >= 4 is 29.1 Å². The number of carbonyl (C=O) groups is 1. The molecule has 3 heterocycles. The molecular formula is C19H18Cl2N6O. The van der Waals surface area contributed by atoms with Crippen LogP contribution in [0.1, 0.15) is 29.9 Å². The number of hydrazine groups is 1. The van der Waals surface area contributed by atoms with Crippen molar-refractivity contribution in [2.45, 2.75) is 19.3 Å². The highest BCUT2D eigenvalue weighted by Crippen LogP contribution is 2.27. The Morgan fingerprint density at radius 1 is 1.07 bits per heavy atom. The Hall–Kier alpha value is -2.48. The maximum absolute atomic E-state index is 12.7. The maximum Gasteiger partial charge on any atom is 0.305 e. The molecule has 3 aromatic rings. The van der Waals surface area contributed by atoms with Gasteiger partial charge in [0, 0.05) is 24.3 Å². The Morgan fingerprint density at radius 2 is 1.89 bits per heavy atom. The van der Waals surface area contributed by atoms with Gasteiger partial charge in [0.1, 0.15) is 5.69 Å². The van der Waals surface area contributed by atoms with E-state index in [9.17, 15) is 4.79 Å². The molecule has 28 heavy (non-hydrogen) atoms. The van der Waals surface area contributed by atoms with Gasteiger partial charge in [-0.2, -0.15) is 0 Å². The second-order valence-corrected chi connectivity index (χ2v) is 7.31. The van der Waals surface area contributed by atoms with Crippen molar-refractivity contribution in [3.8, 4) is 17.2 Å². The number of hydrogen-bond donors (Lipinski definition) is 1. The molecule has 1 aliphatic heterocycles. The number of piperidine rings is 1. The summed E-state index contributed by atoms with van der Waals surface area (Å²) < 4.78 is 1.52. The smallest absolute Gasteiger partial charge is 0.282 e. The van der Waals surface area contributed by atoms with Gasteiger partial charge in [0.05, 0.1) is 10.7 Å². The fourth-order valence-corrected chi connectivity index (χ4v) is 3.58. The van der Waals surface area contributed by atoms with E-state index in [4.69, 9.17) is 23.2 Å². The van der Waals surface area contributed by atoms with Crippen molar-refractivity contribution in [2.24, 2.45) is 0 Å². The number of pyridine rings is 1. The fourth-order valence-electron chi connectivity index (χ4n) is 3.09. The van der Waals surface area contributed by atoms with Gasteiger partial charge in [-0.15, -0.1) is 5.10 Å². The summed E-state index contributed by atoms with van der Waals surface area (Å²) in [5, 5.41) is 7.23. The van der Waals surface area contributed by atoms with Crippen LogP contribution in [0.15, 0.2) is 42.6 Å². The monoisotopic (exact) mass is 416 g/mol. The standard InChI is InChI=1S/C19H18Cl2N6O/c20-13-7-8-16(14(21)12-13)27-18(15-6-2-3-9-22-15)23-17(24-27)19(28)25-26-10-4-1-5-11-26/h2-3,6-9,12H,1,4-5,10-11H2,(H,25,28). The Balaban J connectivity index is 1.73. The average molecular weight is 417 g/mol. The molecule has 0 spiro atoms.